The maximum absolute atomic E-state index is 11.5. The van der Waals surface area contributed by atoms with E-state index in [2.05, 4.69) is 9.71 Å². The van der Waals surface area contributed by atoms with Crippen molar-refractivity contribution in [2.75, 3.05) is 28.2 Å². The Bertz CT molecular complexity index is 595. The molecule has 0 aliphatic rings. The Balaban J connectivity index is 2.78. The van der Waals surface area contributed by atoms with E-state index < -0.39 is 31.4 Å². The summed E-state index contributed by atoms with van der Waals surface area (Å²) < 4.78 is 46.9. The van der Waals surface area contributed by atoms with Crippen LogP contribution in [-0.2, 0) is 19.9 Å². The SMILES string of the molecule is CS(=O)(=O)CCS(=O)(=O)Nc1ncccc1N. The number of aromatic nitrogens is 1. The molecule has 0 fully saturated rings. The standard InChI is InChI=1S/C8H13N3O4S2/c1-16(12,13)5-6-17(14,15)11-8-7(9)3-2-4-10-8/h2-4H,5-6,9H2,1H3,(H,10,11). The van der Waals surface area contributed by atoms with Crippen LogP contribution in [0.2, 0.25) is 0 Å². The predicted octanol–water partition coefficient (Wildman–Crippen LogP) is -0.550. The highest BCUT2D eigenvalue weighted by Crippen LogP contribution is 2.14. The van der Waals surface area contributed by atoms with Gasteiger partial charge in [0.25, 0.3) is 0 Å². The summed E-state index contributed by atoms with van der Waals surface area (Å²) in [5, 5.41) is 0. The summed E-state index contributed by atoms with van der Waals surface area (Å²) in [5.74, 6) is -0.974. The molecule has 0 aliphatic carbocycles. The fourth-order valence-electron chi connectivity index (χ4n) is 0.962. The Hall–Kier alpha value is -1.35. The first-order chi connectivity index (χ1) is 7.70. The van der Waals surface area contributed by atoms with E-state index in [1.807, 2.05) is 0 Å². The first kappa shape index (κ1) is 13.7. The fourth-order valence-corrected chi connectivity index (χ4v) is 3.62. The van der Waals surface area contributed by atoms with E-state index in [0.717, 1.165) is 6.26 Å². The fraction of sp³-hybridized carbons (Fsp3) is 0.375. The van der Waals surface area contributed by atoms with Crippen LogP contribution in [0.3, 0.4) is 0 Å². The van der Waals surface area contributed by atoms with Crippen LogP contribution in [0.25, 0.3) is 0 Å². The number of nitrogens with zero attached hydrogens (tertiary/aromatic N) is 1. The van der Waals surface area contributed by atoms with Crippen molar-refractivity contribution in [3.63, 3.8) is 0 Å². The molecule has 1 rings (SSSR count). The zero-order valence-electron chi connectivity index (χ0n) is 9.12. The van der Waals surface area contributed by atoms with Crippen molar-refractivity contribution < 1.29 is 16.8 Å². The molecule has 1 aromatic rings. The van der Waals surface area contributed by atoms with E-state index >= 15 is 0 Å². The Kier molecular flexibility index (Phi) is 3.94. The van der Waals surface area contributed by atoms with Crippen molar-refractivity contribution >= 4 is 31.4 Å². The zero-order valence-corrected chi connectivity index (χ0v) is 10.8. The first-order valence-corrected chi connectivity index (χ1v) is 8.29. The second kappa shape index (κ2) is 4.88. The van der Waals surface area contributed by atoms with Gasteiger partial charge < -0.3 is 5.73 Å². The van der Waals surface area contributed by atoms with Gasteiger partial charge in [-0.3, -0.25) is 4.72 Å². The lowest BCUT2D eigenvalue weighted by Crippen LogP contribution is -2.23. The molecule has 0 unspecified atom stereocenters. The molecule has 0 saturated carbocycles. The zero-order chi connectivity index (χ0) is 13.1. The van der Waals surface area contributed by atoms with Crippen LogP contribution in [0, 0.1) is 0 Å². The molecule has 0 aromatic carbocycles. The smallest absolute Gasteiger partial charge is 0.234 e. The Morgan fingerprint density at radius 1 is 1.29 bits per heavy atom. The molecule has 3 N–H and O–H groups in total. The number of hydrogen-bond donors (Lipinski definition) is 2. The largest absolute Gasteiger partial charge is 0.396 e. The third-order valence-electron chi connectivity index (χ3n) is 1.81. The average molecular weight is 279 g/mol. The lowest BCUT2D eigenvalue weighted by Gasteiger charge is -2.08. The van der Waals surface area contributed by atoms with E-state index in [4.69, 9.17) is 5.73 Å². The quantitative estimate of drug-likeness (QED) is 0.746. The highest BCUT2D eigenvalue weighted by Gasteiger charge is 2.16. The molecule has 0 atom stereocenters. The number of nitrogens with two attached hydrogens (primary N) is 1. The molecular formula is C8H13N3O4S2. The third kappa shape index (κ3) is 5.00. The summed E-state index contributed by atoms with van der Waals surface area (Å²) >= 11 is 0. The van der Waals surface area contributed by atoms with Crippen LogP contribution in [0.15, 0.2) is 18.3 Å². The normalized spacial score (nSPS) is 12.3. The van der Waals surface area contributed by atoms with Gasteiger partial charge in [0.15, 0.2) is 5.82 Å². The van der Waals surface area contributed by atoms with Gasteiger partial charge in [0.05, 0.1) is 17.2 Å². The van der Waals surface area contributed by atoms with Crippen LogP contribution >= 0.6 is 0 Å². The summed E-state index contributed by atoms with van der Waals surface area (Å²) in [5.41, 5.74) is 5.68. The highest BCUT2D eigenvalue weighted by molar-refractivity contribution is 7.95. The Morgan fingerprint density at radius 2 is 1.94 bits per heavy atom. The van der Waals surface area contributed by atoms with Gasteiger partial charge in [-0.2, -0.15) is 0 Å². The number of sulfonamides is 1. The highest BCUT2D eigenvalue weighted by atomic mass is 32.2. The maximum atomic E-state index is 11.5. The molecule has 0 saturated heterocycles. The summed E-state index contributed by atoms with van der Waals surface area (Å²) in [4.78, 5) is 3.74. The Morgan fingerprint density at radius 3 is 2.47 bits per heavy atom. The van der Waals surface area contributed by atoms with Gasteiger partial charge in [-0.25, -0.2) is 21.8 Å². The average Bonchev–Trinajstić information content (AvgIpc) is 2.18. The number of sulfone groups is 1. The number of nitrogens with one attached hydrogen (secondary N) is 1. The maximum Gasteiger partial charge on any atom is 0.234 e. The number of anilines is 2. The van der Waals surface area contributed by atoms with E-state index in [0.29, 0.717) is 0 Å². The topological polar surface area (TPSA) is 119 Å². The second-order valence-electron chi connectivity index (χ2n) is 3.49. The van der Waals surface area contributed by atoms with Crippen LogP contribution in [-0.4, -0.2) is 39.6 Å². The third-order valence-corrected chi connectivity index (χ3v) is 4.26. The number of hydrogen-bond acceptors (Lipinski definition) is 6. The number of pyridine rings is 1. The first-order valence-electron chi connectivity index (χ1n) is 4.58. The van der Waals surface area contributed by atoms with E-state index in [-0.39, 0.29) is 11.5 Å². The summed E-state index contributed by atoms with van der Waals surface area (Å²) in [7, 11) is -7.09. The minimum Gasteiger partial charge on any atom is -0.396 e. The molecule has 0 spiro atoms. The van der Waals surface area contributed by atoms with Crippen molar-refractivity contribution in [1.29, 1.82) is 0 Å². The molecule has 1 aromatic heterocycles. The van der Waals surface area contributed by atoms with Gasteiger partial charge in [-0.15, -0.1) is 0 Å². The molecule has 9 heteroatoms. The van der Waals surface area contributed by atoms with Crippen LogP contribution in [0.5, 0.6) is 0 Å². The van der Waals surface area contributed by atoms with Gasteiger partial charge in [-0.05, 0) is 12.1 Å². The predicted molar refractivity (Wildman–Crippen MR) is 65.8 cm³/mol. The van der Waals surface area contributed by atoms with Gasteiger partial charge in [0.1, 0.15) is 9.84 Å². The monoisotopic (exact) mass is 279 g/mol. The van der Waals surface area contributed by atoms with Gasteiger partial charge in [-0.1, -0.05) is 0 Å². The minimum atomic E-state index is -3.76. The van der Waals surface area contributed by atoms with Gasteiger partial charge in [0, 0.05) is 12.5 Å². The van der Waals surface area contributed by atoms with Crippen LogP contribution in [0.4, 0.5) is 11.5 Å². The molecule has 0 radical (unpaired) electrons. The van der Waals surface area contributed by atoms with Crippen molar-refractivity contribution in [3.8, 4) is 0 Å². The lowest BCUT2D eigenvalue weighted by atomic mass is 10.4. The van der Waals surface area contributed by atoms with Crippen molar-refractivity contribution in [1.82, 2.24) is 4.98 Å². The van der Waals surface area contributed by atoms with Crippen molar-refractivity contribution in [2.24, 2.45) is 0 Å². The Labute approximate surface area is 100 Å². The summed E-state index contributed by atoms with van der Waals surface area (Å²) in [6.07, 6.45) is 2.35. The molecule has 17 heavy (non-hydrogen) atoms. The molecule has 7 nitrogen and oxygen atoms in total. The van der Waals surface area contributed by atoms with Gasteiger partial charge >= 0.3 is 0 Å². The summed E-state index contributed by atoms with van der Waals surface area (Å²) in [6, 6.07) is 3.05. The molecule has 1 heterocycles. The minimum absolute atomic E-state index is 0.000927. The molecule has 0 amide bonds. The van der Waals surface area contributed by atoms with Crippen molar-refractivity contribution in [2.45, 2.75) is 0 Å². The molecule has 0 aliphatic heterocycles. The van der Waals surface area contributed by atoms with E-state index in [1.54, 1.807) is 6.07 Å². The molecule has 0 bridgehead atoms. The number of rotatable bonds is 5. The van der Waals surface area contributed by atoms with Gasteiger partial charge in [0.2, 0.25) is 10.0 Å². The van der Waals surface area contributed by atoms with Crippen LogP contribution < -0.4 is 10.5 Å². The lowest BCUT2D eigenvalue weighted by molar-refractivity contribution is 0.593. The second-order valence-corrected chi connectivity index (χ2v) is 7.59. The molecular weight excluding hydrogens is 266 g/mol. The van der Waals surface area contributed by atoms with Crippen LogP contribution in [0.1, 0.15) is 0 Å². The summed E-state index contributed by atoms with van der Waals surface area (Å²) in [6.45, 7) is 0. The van der Waals surface area contributed by atoms with Crippen molar-refractivity contribution in [3.05, 3.63) is 18.3 Å². The van der Waals surface area contributed by atoms with E-state index in [1.165, 1.54) is 12.3 Å². The van der Waals surface area contributed by atoms with E-state index in [9.17, 15) is 16.8 Å². The molecule has 96 valence electrons. The number of nitrogen functional groups attached to an aromatic ring is 1.